The third-order valence-electron chi connectivity index (χ3n) is 2.46. The van der Waals surface area contributed by atoms with Gasteiger partial charge in [-0.1, -0.05) is 24.2 Å². The molecule has 0 saturated carbocycles. The molecule has 0 N–H and O–H groups in total. The van der Waals surface area contributed by atoms with Gasteiger partial charge in [0, 0.05) is 16.8 Å². The lowest BCUT2D eigenvalue weighted by Gasteiger charge is -2.05. The predicted molar refractivity (Wildman–Crippen MR) is 69.3 cm³/mol. The minimum atomic E-state index is -0.329. The highest BCUT2D eigenvalue weighted by Crippen LogP contribution is 2.25. The fourth-order valence-electron chi connectivity index (χ4n) is 1.50. The Hall–Kier alpha value is -1.67. The fraction of sp³-hybridized carbons (Fsp3) is 0.0714. The molecule has 1 heterocycles. The summed E-state index contributed by atoms with van der Waals surface area (Å²) in [6.07, 6.45) is 1.68. The van der Waals surface area contributed by atoms with E-state index in [0.29, 0.717) is 16.3 Å². The van der Waals surface area contributed by atoms with Crippen LogP contribution in [0.5, 0.6) is 0 Å². The van der Waals surface area contributed by atoms with E-state index in [2.05, 4.69) is 11.6 Å². The van der Waals surface area contributed by atoms with Crippen LogP contribution in [0.1, 0.15) is 12.5 Å². The van der Waals surface area contributed by atoms with Crippen molar-refractivity contribution in [1.29, 1.82) is 0 Å². The van der Waals surface area contributed by atoms with Crippen LogP contribution in [-0.2, 0) is 0 Å². The predicted octanol–water partition coefficient (Wildman–Crippen LogP) is 4.57. The van der Waals surface area contributed by atoms with E-state index in [1.54, 1.807) is 18.3 Å². The van der Waals surface area contributed by atoms with E-state index in [0.717, 1.165) is 11.1 Å². The number of benzene rings is 1. The maximum absolute atomic E-state index is 13.6. The molecule has 2 rings (SSSR count). The van der Waals surface area contributed by atoms with Gasteiger partial charge >= 0.3 is 0 Å². The third kappa shape index (κ3) is 2.53. The van der Waals surface area contributed by atoms with Crippen LogP contribution < -0.4 is 0 Å². The van der Waals surface area contributed by atoms with E-state index in [1.807, 2.05) is 13.0 Å². The normalized spacial score (nSPS) is 10.3. The molecule has 3 heteroatoms. The summed E-state index contributed by atoms with van der Waals surface area (Å²) in [6, 6.07) is 8.05. The molecule has 1 aromatic carbocycles. The minimum absolute atomic E-state index is 0.329. The molecule has 0 unspecified atom stereocenters. The summed E-state index contributed by atoms with van der Waals surface area (Å²) < 4.78 is 13.6. The molecule has 17 heavy (non-hydrogen) atoms. The monoisotopic (exact) mass is 247 g/mol. The molecule has 1 nitrogen and oxygen atoms in total. The molecule has 1 aromatic heterocycles. The summed E-state index contributed by atoms with van der Waals surface area (Å²) in [4.78, 5) is 4.21. The number of nitrogens with zero attached hydrogens (tertiary/aromatic N) is 1. The highest BCUT2D eigenvalue weighted by atomic mass is 35.5. The average molecular weight is 248 g/mol. The third-order valence-corrected chi connectivity index (χ3v) is 2.70. The van der Waals surface area contributed by atoms with E-state index >= 15 is 0 Å². The smallest absolute Gasteiger partial charge is 0.132 e. The second kappa shape index (κ2) is 4.68. The SMILES string of the molecule is C=C(C)c1ccc(-c2cc(Cl)ccc2F)nc1. The van der Waals surface area contributed by atoms with Crippen LogP contribution in [-0.4, -0.2) is 4.98 Å². The quantitative estimate of drug-likeness (QED) is 0.757. The molecule has 0 aliphatic rings. The van der Waals surface area contributed by atoms with Crippen molar-refractivity contribution >= 4 is 17.2 Å². The molecule has 86 valence electrons. The highest BCUT2D eigenvalue weighted by molar-refractivity contribution is 6.30. The number of hydrogen-bond acceptors (Lipinski definition) is 1. The van der Waals surface area contributed by atoms with Crippen LogP contribution in [0.25, 0.3) is 16.8 Å². The van der Waals surface area contributed by atoms with Gasteiger partial charge in [0.2, 0.25) is 0 Å². The van der Waals surface area contributed by atoms with E-state index in [4.69, 9.17) is 11.6 Å². The molecule has 0 fully saturated rings. The van der Waals surface area contributed by atoms with Gasteiger partial charge in [-0.25, -0.2) is 4.39 Å². The van der Waals surface area contributed by atoms with Gasteiger partial charge in [0.25, 0.3) is 0 Å². The first-order valence-corrected chi connectivity index (χ1v) is 5.53. The first-order chi connectivity index (χ1) is 8.08. The molecule has 0 bridgehead atoms. The lowest BCUT2D eigenvalue weighted by atomic mass is 10.1. The Bertz CT molecular complexity index is 561. The van der Waals surface area contributed by atoms with Crippen molar-refractivity contribution < 1.29 is 4.39 Å². The van der Waals surface area contributed by atoms with Gasteiger partial charge in [-0.15, -0.1) is 0 Å². The van der Waals surface area contributed by atoms with Crippen molar-refractivity contribution in [3.63, 3.8) is 0 Å². The average Bonchev–Trinajstić information content (AvgIpc) is 2.32. The molecule has 0 spiro atoms. The Morgan fingerprint density at radius 3 is 2.65 bits per heavy atom. The van der Waals surface area contributed by atoms with Gasteiger partial charge in [0.05, 0.1) is 5.69 Å². The molecule has 0 aliphatic heterocycles. The number of pyridine rings is 1. The second-order valence-corrected chi connectivity index (χ2v) is 4.27. The Balaban J connectivity index is 2.46. The number of rotatable bonds is 2. The van der Waals surface area contributed by atoms with Crippen LogP contribution in [0, 0.1) is 5.82 Å². The Morgan fingerprint density at radius 2 is 2.06 bits per heavy atom. The van der Waals surface area contributed by atoms with Crippen molar-refractivity contribution in [2.24, 2.45) is 0 Å². The largest absolute Gasteiger partial charge is 0.256 e. The molecule has 2 aromatic rings. The van der Waals surface area contributed by atoms with E-state index in [-0.39, 0.29) is 5.82 Å². The first-order valence-electron chi connectivity index (χ1n) is 5.15. The fourth-order valence-corrected chi connectivity index (χ4v) is 1.67. The van der Waals surface area contributed by atoms with Crippen molar-refractivity contribution in [2.45, 2.75) is 6.92 Å². The molecular weight excluding hydrogens is 237 g/mol. The molecule has 0 atom stereocenters. The van der Waals surface area contributed by atoms with Crippen molar-refractivity contribution in [3.8, 4) is 11.3 Å². The van der Waals surface area contributed by atoms with Crippen LogP contribution in [0.3, 0.4) is 0 Å². The number of aromatic nitrogens is 1. The van der Waals surface area contributed by atoms with Crippen LogP contribution in [0.4, 0.5) is 4.39 Å². The Morgan fingerprint density at radius 1 is 1.29 bits per heavy atom. The molecule has 0 saturated heterocycles. The van der Waals surface area contributed by atoms with E-state index < -0.39 is 0 Å². The Kier molecular flexibility index (Phi) is 3.25. The summed E-state index contributed by atoms with van der Waals surface area (Å²) >= 11 is 5.84. The molecule has 0 aliphatic carbocycles. The zero-order chi connectivity index (χ0) is 12.4. The standard InChI is InChI=1S/C14H11ClFN/c1-9(2)10-3-6-14(17-8-10)12-7-11(15)4-5-13(12)16/h3-8H,1H2,2H3. The van der Waals surface area contributed by atoms with Crippen LogP contribution in [0.15, 0.2) is 43.1 Å². The van der Waals surface area contributed by atoms with Gasteiger partial charge in [-0.3, -0.25) is 4.98 Å². The molecule has 0 amide bonds. The van der Waals surface area contributed by atoms with Gasteiger partial charge in [0.15, 0.2) is 0 Å². The van der Waals surface area contributed by atoms with E-state index in [9.17, 15) is 4.39 Å². The van der Waals surface area contributed by atoms with Gasteiger partial charge < -0.3 is 0 Å². The summed E-state index contributed by atoms with van der Waals surface area (Å²) in [5.41, 5.74) is 2.84. The summed E-state index contributed by atoms with van der Waals surface area (Å²) in [5, 5.41) is 0.493. The first kappa shape index (κ1) is 11.8. The minimum Gasteiger partial charge on any atom is -0.256 e. The zero-order valence-corrected chi connectivity index (χ0v) is 10.1. The topological polar surface area (TPSA) is 12.9 Å². The van der Waals surface area contributed by atoms with Crippen molar-refractivity contribution in [1.82, 2.24) is 4.98 Å². The van der Waals surface area contributed by atoms with E-state index in [1.165, 1.54) is 12.1 Å². The van der Waals surface area contributed by atoms with Crippen LogP contribution in [0.2, 0.25) is 5.02 Å². The molecule has 0 radical (unpaired) electrons. The van der Waals surface area contributed by atoms with Crippen LogP contribution >= 0.6 is 11.6 Å². The number of allylic oxidation sites excluding steroid dienone is 1. The maximum Gasteiger partial charge on any atom is 0.132 e. The summed E-state index contributed by atoms with van der Waals surface area (Å²) in [6.45, 7) is 5.72. The Labute approximate surface area is 105 Å². The second-order valence-electron chi connectivity index (χ2n) is 3.84. The lowest BCUT2D eigenvalue weighted by molar-refractivity contribution is 0.631. The zero-order valence-electron chi connectivity index (χ0n) is 9.37. The van der Waals surface area contributed by atoms with Crippen molar-refractivity contribution in [3.05, 3.63) is 59.5 Å². The van der Waals surface area contributed by atoms with Gasteiger partial charge in [0.1, 0.15) is 5.82 Å². The van der Waals surface area contributed by atoms with Gasteiger partial charge in [-0.2, -0.15) is 0 Å². The van der Waals surface area contributed by atoms with Crippen molar-refractivity contribution in [2.75, 3.05) is 0 Å². The van der Waals surface area contributed by atoms with Gasteiger partial charge in [-0.05, 0) is 42.3 Å². The summed E-state index contributed by atoms with van der Waals surface area (Å²) in [5.74, 6) is -0.329. The lowest BCUT2D eigenvalue weighted by Crippen LogP contribution is -1.89. The summed E-state index contributed by atoms with van der Waals surface area (Å²) in [7, 11) is 0. The number of halogens is 2. The number of hydrogen-bond donors (Lipinski definition) is 0. The highest BCUT2D eigenvalue weighted by Gasteiger charge is 2.07. The molecular formula is C14H11ClFN. The maximum atomic E-state index is 13.6.